The van der Waals surface area contributed by atoms with Crippen LogP contribution in [0.25, 0.3) is 0 Å². The van der Waals surface area contributed by atoms with Crippen LogP contribution in [0, 0.1) is 12.8 Å². The molecule has 1 saturated heterocycles. The Hall–Kier alpha value is -2.17. The van der Waals surface area contributed by atoms with Gasteiger partial charge in [0.2, 0.25) is 5.76 Å². The molecule has 0 aliphatic carbocycles. The van der Waals surface area contributed by atoms with Crippen LogP contribution in [0.5, 0.6) is 0 Å². The highest BCUT2D eigenvalue weighted by atomic mass is 16.5. The number of carbonyl (C=O) groups is 1. The molecule has 0 N–H and O–H groups in total. The van der Waals surface area contributed by atoms with E-state index >= 15 is 0 Å². The number of piperidine rings is 1. The third-order valence-electron chi connectivity index (χ3n) is 4.04. The average Bonchev–Trinajstić information content (AvgIpc) is 3.01. The maximum Gasteiger partial charge on any atom is 0.292 e. The third kappa shape index (κ3) is 3.29. The van der Waals surface area contributed by atoms with Crippen molar-refractivity contribution in [2.24, 2.45) is 5.92 Å². The summed E-state index contributed by atoms with van der Waals surface area (Å²) in [6, 6.07) is 5.85. The van der Waals surface area contributed by atoms with Gasteiger partial charge in [0.1, 0.15) is 0 Å². The Bertz CT molecular complexity index is 602. The van der Waals surface area contributed by atoms with Crippen molar-refractivity contribution in [3.63, 3.8) is 0 Å². The molecule has 1 fully saturated rings. The lowest BCUT2D eigenvalue weighted by Crippen LogP contribution is -2.38. The second kappa shape index (κ2) is 6.08. The van der Waals surface area contributed by atoms with Crippen molar-refractivity contribution in [1.82, 2.24) is 15.0 Å². The van der Waals surface area contributed by atoms with E-state index in [1.54, 1.807) is 6.07 Å². The summed E-state index contributed by atoms with van der Waals surface area (Å²) in [6.45, 7) is 3.59. The first kappa shape index (κ1) is 13.8. The van der Waals surface area contributed by atoms with Gasteiger partial charge in [-0.3, -0.25) is 9.78 Å². The lowest BCUT2D eigenvalue weighted by Gasteiger charge is -2.31. The van der Waals surface area contributed by atoms with Gasteiger partial charge in [-0.2, -0.15) is 0 Å². The molecule has 1 amide bonds. The Kier molecular flexibility index (Phi) is 3.99. The molecule has 0 unspecified atom stereocenters. The highest BCUT2D eigenvalue weighted by Crippen LogP contribution is 2.22. The Morgan fingerprint density at radius 3 is 2.81 bits per heavy atom. The molecule has 0 saturated carbocycles. The number of aryl methyl sites for hydroxylation is 1. The van der Waals surface area contributed by atoms with Crippen molar-refractivity contribution in [3.05, 3.63) is 47.6 Å². The Morgan fingerprint density at radius 2 is 2.14 bits per heavy atom. The SMILES string of the molecule is Cc1cc(CC2CCN(C(=O)c3ccno3)CC2)ccn1. The number of hydrogen-bond acceptors (Lipinski definition) is 4. The van der Waals surface area contributed by atoms with Gasteiger partial charge >= 0.3 is 0 Å². The molecule has 0 aromatic carbocycles. The van der Waals surface area contributed by atoms with Gasteiger partial charge < -0.3 is 9.42 Å². The molecule has 3 rings (SSSR count). The number of rotatable bonds is 3. The number of nitrogens with zero attached hydrogens (tertiary/aromatic N) is 3. The molecule has 21 heavy (non-hydrogen) atoms. The smallest absolute Gasteiger partial charge is 0.292 e. The molecule has 1 aliphatic rings. The van der Waals surface area contributed by atoms with E-state index in [-0.39, 0.29) is 5.91 Å². The summed E-state index contributed by atoms with van der Waals surface area (Å²) in [5.41, 5.74) is 2.40. The minimum Gasteiger partial charge on any atom is -0.351 e. The van der Waals surface area contributed by atoms with Crippen LogP contribution < -0.4 is 0 Å². The average molecular weight is 285 g/mol. The molecular formula is C16H19N3O2. The summed E-state index contributed by atoms with van der Waals surface area (Å²) < 4.78 is 4.94. The van der Waals surface area contributed by atoms with E-state index in [0.717, 1.165) is 38.0 Å². The second-order valence-corrected chi connectivity index (χ2v) is 5.62. The lowest BCUT2D eigenvalue weighted by molar-refractivity contribution is 0.0649. The monoisotopic (exact) mass is 285 g/mol. The molecule has 0 radical (unpaired) electrons. The van der Waals surface area contributed by atoms with Gasteiger partial charge in [-0.15, -0.1) is 0 Å². The lowest BCUT2D eigenvalue weighted by atomic mass is 9.90. The Morgan fingerprint density at radius 1 is 1.33 bits per heavy atom. The molecule has 110 valence electrons. The zero-order valence-electron chi connectivity index (χ0n) is 12.2. The number of carbonyl (C=O) groups excluding carboxylic acids is 1. The zero-order chi connectivity index (χ0) is 14.7. The van der Waals surface area contributed by atoms with Crippen LogP contribution in [0.4, 0.5) is 0 Å². The van der Waals surface area contributed by atoms with Crippen LogP contribution >= 0.6 is 0 Å². The summed E-state index contributed by atoms with van der Waals surface area (Å²) in [5, 5.41) is 3.59. The number of amides is 1. The minimum absolute atomic E-state index is 0.0503. The first-order valence-corrected chi connectivity index (χ1v) is 7.34. The highest BCUT2D eigenvalue weighted by Gasteiger charge is 2.25. The molecule has 2 aromatic rings. The molecule has 5 heteroatoms. The zero-order valence-corrected chi connectivity index (χ0v) is 12.2. The van der Waals surface area contributed by atoms with Gasteiger partial charge in [0, 0.05) is 31.0 Å². The van der Waals surface area contributed by atoms with Crippen molar-refractivity contribution in [3.8, 4) is 0 Å². The number of hydrogen-bond donors (Lipinski definition) is 0. The summed E-state index contributed by atoms with van der Waals surface area (Å²) in [4.78, 5) is 18.2. The van der Waals surface area contributed by atoms with E-state index in [0.29, 0.717) is 11.7 Å². The van der Waals surface area contributed by atoms with Crippen LogP contribution in [-0.2, 0) is 6.42 Å². The predicted octanol–water partition coefficient (Wildman–Crippen LogP) is 2.47. The van der Waals surface area contributed by atoms with Gasteiger partial charge in [0.25, 0.3) is 5.91 Å². The normalized spacial score (nSPS) is 16.1. The van der Waals surface area contributed by atoms with E-state index in [2.05, 4.69) is 22.3 Å². The number of likely N-dealkylation sites (tertiary alicyclic amines) is 1. The van der Waals surface area contributed by atoms with Crippen LogP contribution in [-0.4, -0.2) is 34.0 Å². The van der Waals surface area contributed by atoms with Crippen molar-refractivity contribution in [1.29, 1.82) is 0 Å². The number of pyridine rings is 1. The number of aromatic nitrogens is 2. The van der Waals surface area contributed by atoms with Gasteiger partial charge in [-0.1, -0.05) is 5.16 Å². The van der Waals surface area contributed by atoms with Crippen molar-refractivity contribution < 1.29 is 9.32 Å². The van der Waals surface area contributed by atoms with Gasteiger partial charge in [0.15, 0.2) is 0 Å². The first-order valence-electron chi connectivity index (χ1n) is 7.34. The molecule has 3 heterocycles. The molecule has 1 aliphatic heterocycles. The largest absolute Gasteiger partial charge is 0.351 e. The minimum atomic E-state index is -0.0503. The van der Waals surface area contributed by atoms with Crippen molar-refractivity contribution in [2.45, 2.75) is 26.2 Å². The van der Waals surface area contributed by atoms with Crippen LogP contribution in [0.2, 0.25) is 0 Å². The highest BCUT2D eigenvalue weighted by molar-refractivity contribution is 5.91. The quantitative estimate of drug-likeness (QED) is 0.869. The standard InChI is InChI=1S/C16H19N3O2/c1-12-10-14(2-6-17-12)11-13-4-8-19(9-5-13)16(20)15-3-7-18-21-15/h2-3,6-7,10,13H,4-5,8-9,11H2,1H3. The summed E-state index contributed by atoms with van der Waals surface area (Å²) in [7, 11) is 0. The first-order chi connectivity index (χ1) is 10.2. The van der Waals surface area contributed by atoms with Crippen LogP contribution in [0.1, 0.15) is 34.7 Å². The fourth-order valence-electron chi connectivity index (χ4n) is 2.89. The third-order valence-corrected chi connectivity index (χ3v) is 4.04. The maximum absolute atomic E-state index is 12.2. The topological polar surface area (TPSA) is 59.2 Å². The molecular weight excluding hydrogens is 266 g/mol. The fourth-order valence-corrected chi connectivity index (χ4v) is 2.89. The Labute approximate surface area is 124 Å². The van der Waals surface area contributed by atoms with Gasteiger partial charge in [-0.05, 0) is 49.8 Å². The van der Waals surface area contributed by atoms with Crippen LogP contribution in [0.15, 0.2) is 35.1 Å². The van der Waals surface area contributed by atoms with Crippen molar-refractivity contribution >= 4 is 5.91 Å². The summed E-state index contributed by atoms with van der Waals surface area (Å²) >= 11 is 0. The maximum atomic E-state index is 12.2. The second-order valence-electron chi connectivity index (χ2n) is 5.62. The molecule has 5 nitrogen and oxygen atoms in total. The van der Waals surface area contributed by atoms with Crippen molar-refractivity contribution in [2.75, 3.05) is 13.1 Å². The summed E-state index contributed by atoms with van der Waals surface area (Å²) in [5.74, 6) is 0.912. The van der Waals surface area contributed by atoms with E-state index < -0.39 is 0 Å². The van der Waals surface area contributed by atoms with Gasteiger partial charge in [-0.25, -0.2) is 0 Å². The van der Waals surface area contributed by atoms with E-state index in [1.807, 2.05) is 18.0 Å². The van der Waals surface area contributed by atoms with E-state index in [4.69, 9.17) is 4.52 Å². The van der Waals surface area contributed by atoms with Crippen LogP contribution in [0.3, 0.4) is 0 Å². The molecule has 0 spiro atoms. The fraction of sp³-hybridized carbons (Fsp3) is 0.438. The summed E-state index contributed by atoms with van der Waals surface area (Å²) in [6.07, 6.45) is 6.50. The van der Waals surface area contributed by atoms with E-state index in [1.165, 1.54) is 11.8 Å². The molecule has 0 bridgehead atoms. The molecule has 0 atom stereocenters. The predicted molar refractivity (Wildman–Crippen MR) is 77.8 cm³/mol. The van der Waals surface area contributed by atoms with Gasteiger partial charge in [0.05, 0.1) is 6.20 Å². The Balaban J connectivity index is 1.54. The molecule has 2 aromatic heterocycles. The van der Waals surface area contributed by atoms with E-state index in [9.17, 15) is 4.79 Å².